The summed E-state index contributed by atoms with van der Waals surface area (Å²) in [6, 6.07) is 26.6. The van der Waals surface area contributed by atoms with E-state index < -0.39 is 10.1 Å². The minimum absolute atomic E-state index is 0.0666. The smallest absolute Gasteiger partial charge is 0.294 e. The van der Waals surface area contributed by atoms with Crippen molar-refractivity contribution in [1.29, 1.82) is 0 Å². The summed E-state index contributed by atoms with van der Waals surface area (Å²) in [5.74, 6) is 0. The van der Waals surface area contributed by atoms with E-state index in [0.29, 0.717) is 0 Å². The minimum atomic E-state index is -4.02. The molecule has 0 radical (unpaired) electrons. The maximum Gasteiger partial charge on any atom is 0.294 e. The fourth-order valence-corrected chi connectivity index (χ4v) is 3.18. The first kappa shape index (κ1) is 20.4. The van der Waals surface area contributed by atoms with Gasteiger partial charge in [-0.3, -0.25) is 4.55 Å². The summed E-state index contributed by atoms with van der Waals surface area (Å²) in [6.45, 7) is 1.84. The van der Waals surface area contributed by atoms with Gasteiger partial charge in [0.1, 0.15) is 0 Å². The zero-order valence-electron chi connectivity index (χ0n) is 15.9. The predicted octanol–water partition coefficient (Wildman–Crippen LogP) is 5.58. The molecule has 0 bridgehead atoms. The van der Waals surface area contributed by atoms with Gasteiger partial charge in [0, 0.05) is 23.4 Å². The van der Waals surface area contributed by atoms with Crippen molar-refractivity contribution in [3.63, 3.8) is 0 Å². The average molecular weight is 407 g/mol. The van der Waals surface area contributed by atoms with Crippen molar-refractivity contribution < 1.29 is 13.0 Å². The number of para-hydroxylation sites is 2. The van der Waals surface area contributed by atoms with Crippen LogP contribution in [0.3, 0.4) is 0 Å². The summed E-state index contributed by atoms with van der Waals surface area (Å²) in [5.41, 5.74) is 3.37. The van der Waals surface area contributed by atoms with E-state index in [1.54, 1.807) is 12.1 Å². The van der Waals surface area contributed by atoms with Crippen LogP contribution in [0, 0.1) is 6.92 Å². The molecule has 0 atom stereocenters. The molecule has 0 fully saturated rings. The molecule has 148 valence electrons. The Hall–Kier alpha value is -3.35. The van der Waals surface area contributed by atoms with Crippen molar-refractivity contribution in [2.75, 3.05) is 0 Å². The number of fused-ring (bicyclic) bond motifs is 2. The molecule has 6 heteroatoms. The molecule has 5 nitrogen and oxygen atoms in total. The maximum absolute atomic E-state index is 10.5. The lowest BCUT2D eigenvalue weighted by atomic mass is 10.2. The average Bonchev–Trinajstić information content (AvgIpc) is 3.38. The molecule has 0 saturated heterocycles. The standard InChI is InChI=1S/2C8H7N.C7H8O3S/c2*1-2-4-8-7(3-1)5-6-9-8;1-6-2-4-7(5-3-6)11(8,9)10/h2*1-6,9H;2-5H,1H3,(H,8,9,10). The Labute approximate surface area is 169 Å². The van der Waals surface area contributed by atoms with Gasteiger partial charge < -0.3 is 9.97 Å². The number of benzene rings is 3. The topological polar surface area (TPSA) is 85.9 Å². The zero-order valence-corrected chi connectivity index (χ0v) is 16.7. The second-order valence-electron chi connectivity index (χ2n) is 6.42. The van der Waals surface area contributed by atoms with Crippen molar-refractivity contribution >= 4 is 31.9 Å². The van der Waals surface area contributed by atoms with Gasteiger partial charge in [-0.05, 0) is 54.1 Å². The molecule has 0 aliphatic carbocycles. The molecular formula is C23H22N2O3S. The van der Waals surface area contributed by atoms with Gasteiger partial charge in [0.15, 0.2) is 0 Å². The molecule has 0 aliphatic heterocycles. The highest BCUT2D eigenvalue weighted by molar-refractivity contribution is 7.85. The van der Waals surface area contributed by atoms with Gasteiger partial charge in [0.05, 0.1) is 4.90 Å². The van der Waals surface area contributed by atoms with Gasteiger partial charge in [0.25, 0.3) is 10.1 Å². The monoisotopic (exact) mass is 406 g/mol. The van der Waals surface area contributed by atoms with Crippen molar-refractivity contribution in [1.82, 2.24) is 9.97 Å². The number of H-pyrrole nitrogens is 2. The molecule has 3 aromatic carbocycles. The molecule has 0 spiro atoms. The lowest BCUT2D eigenvalue weighted by Gasteiger charge is -1.95. The van der Waals surface area contributed by atoms with Crippen LogP contribution in [0.5, 0.6) is 0 Å². The number of hydrogen-bond acceptors (Lipinski definition) is 2. The number of nitrogens with one attached hydrogen (secondary N) is 2. The van der Waals surface area contributed by atoms with Gasteiger partial charge >= 0.3 is 0 Å². The van der Waals surface area contributed by atoms with Gasteiger partial charge in [-0.25, -0.2) is 0 Å². The molecule has 29 heavy (non-hydrogen) atoms. The van der Waals surface area contributed by atoms with E-state index in [1.807, 2.05) is 43.6 Å². The van der Waals surface area contributed by atoms with Crippen LogP contribution >= 0.6 is 0 Å². The van der Waals surface area contributed by atoms with Crippen LogP contribution in [-0.4, -0.2) is 22.9 Å². The Morgan fingerprint density at radius 2 is 1.10 bits per heavy atom. The first-order valence-electron chi connectivity index (χ1n) is 9.02. The molecule has 5 aromatic rings. The highest BCUT2D eigenvalue weighted by Crippen LogP contribution is 2.10. The zero-order chi connectivity index (χ0) is 20.7. The van der Waals surface area contributed by atoms with E-state index in [9.17, 15) is 8.42 Å². The quantitative estimate of drug-likeness (QED) is 0.318. The molecule has 0 saturated carbocycles. The third kappa shape index (κ3) is 5.81. The lowest BCUT2D eigenvalue weighted by molar-refractivity contribution is 0.483. The van der Waals surface area contributed by atoms with Gasteiger partial charge in [-0.15, -0.1) is 0 Å². The van der Waals surface area contributed by atoms with E-state index in [0.717, 1.165) is 5.56 Å². The summed E-state index contributed by atoms with van der Waals surface area (Å²) >= 11 is 0. The van der Waals surface area contributed by atoms with Crippen molar-refractivity contribution in [3.05, 3.63) is 103 Å². The third-order valence-corrected chi connectivity index (χ3v) is 5.11. The number of aromatic nitrogens is 2. The van der Waals surface area contributed by atoms with E-state index in [1.165, 1.54) is 33.9 Å². The molecule has 0 amide bonds. The highest BCUT2D eigenvalue weighted by atomic mass is 32.2. The Morgan fingerprint density at radius 3 is 1.52 bits per heavy atom. The number of rotatable bonds is 1. The normalized spacial score (nSPS) is 10.7. The van der Waals surface area contributed by atoms with Gasteiger partial charge in [-0.2, -0.15) is 8.42 Å². The number of aromatic amines is 2. The van der Waals surface area contributed by atoms with Crippen LogP contribution in [-0.2, 0) is 10.1 Å². The molecular weight excluding hydrogens is 384 g/mol. The van der Waals surface area contributed by atoms with Gasteiger partial charge in [-0.1, -0.05) is 54.1 Å². The molecule has 2 aromatic heterocycles. The van der Waals surface area contributed by atoms with E-state index in [4.69, 9.17) is 4.55 Å². The predicted molar refractivity (Wildman–Crippen MR) is 118 cm³/mol. The van der Waals surface area contributed by atoms with Crippen molar-refractivity contribution in [3.8, 4) is 0 Å². The molecule has 0 unspecified atom stereocenters. The summed E-state index contributed by atoms with van der Waals surface area (Å²) in [7, 11) is -4.02. The summed E-state index contributed by atoms with van der Waals surface area (Å²) < 4.78 is 29.6. The fourth-order valence-electron chi connectivity index (χ4n) is 2.70. The number of aryl methyl sites for hydroxylation is 1. The third-order valence-electron chi connectivity index (χ3n) is 4.24. The fraction of sp³-hybridized carbons (Fsp3) is 0.0435. The Balaban J connectivity index is 0.000000125. The summed E-state index contributed by atoms with van der Waals surface area (Å²) in [5, 5.41) is 2.55. The lowest BCUT2D eigenvalue weighted by Crippen LogP contribution is -1.96. The Bertz CT molecular complexity index is 1160. The largest absolute Gasteiger partial charge is 0.361 e. The van der Waals surface area contributed by atoms with E-state index in [-0.39, 0.29) is 4.90 Å². The Morgan fingerprint density at radius 1 is 0.655 bits per heavy atom. The molecule has 5 rings (SSSR count). The van der Waals surface area contributed by atoms with E-state index >= 15 is 0 Å². The minimum Gasteiger partial charge on any atom is -0.361 e. The second kappa shape index (κ2) is 9.23. The van der Waals surface area contributed by atoms with Gasteiger partial charge in [0.2, 0.25) is 0 Å². The first-order valence-corrected chi connectivity index (χ1v) is 10.5. The second-order valence-corrected chi connectivity index (χ2v) is 7.84. The SMILES string of the molecule is Cc1ccc(S(=O)(=O)O)cc1.c1ccc2[nH]ccc2c1.c1ccc2[nH]ccc2c1. The van der Waals surface area contributed by atoms with Crippen LogP contribution in [0.15, 0.2) is 102 Å². The summed E-state index contributed by atoms with van der Waals surface area (Å²) in [4.78, 5) is 6.17. The van der Waals surface area contributed by atoms with Crippen LogP contribution in [0.4, 0.5) is 0 Å². The number of hydrogen-bond donors (Lipinski definition) is 3. The highest BCUT2D eigenvalue weighted by Gasteiger charge is 2.06. The van der Waals surface area contributed by atoms with E-state index in [2.05, 4.69) is 46.4 Å². The van der Waals surface area contributed by atoms with Crippen LogP contribution < -0.4 is 0 Å². The molecule has 0 aliphatic rings. The van der Waals surface area contributed by atoms with Crippen LogP contribution in [0.1, 0.15) is 5.56 Å². The van der Waals surface area contributed by atoms with Crippen LogP contribution in [0.2, 0.25) is 0 Å². The molecule has 3 N–H and O–H groups in total. The first-order chi connectivity index (χ1) is 13.9. The van der Waals surface area contributed by atoms with Crippen molar-refractivity contribution in [2.45, 2.75) is 11.8 Å². The Kier molecular flexibility index (Phi) is 6.49. The summed E-state index contributed by atoms with van der Waals surface area (Å²) in [6.07, 6.45) is 3.90. The molecule has 2 heterocycles. The maximum atomic E-state index is 10.5. The van der Waals surface area contributed by atoms with Crippen molar-refractivity contribution in [2.24, 2.45) is 0 Å². The van der Waals surface area contributed by atoms with Crippen LogP contribution in [0.25, 0.3) is 21.8 Å².